The summed E-state index contributed by atoms with van der Waals surface area (Å²) in [6.45, 7) is 5.59. The molecule has 2 aliphatic heterocycles. The van der Waals surface area contributed by atoms with E-state index in [2.05, 4.69) is 10.00 Å². The highest BCUT2D eigenvalue weighted by molar-refractivity contribution is 7.89. The predicted octanol–water partition coefficient (Wildman–Crippen LogP) is 2.00. The molecular weight excluding hydrogens is 336 g/mol. The van der Waals surface area contributed by atoms with Crippen LogP contribution in [-0.2, 0) is 17.1 Å². The smallest absolute Gasteiger partial charge is 0.246 e. The minimum absolute atomic E-state index is 0.379. The quantitative estimate of drug-likeness (QED) is 0.821. The molecule has 1 aromatic rings. The van der Waals surface area contributed by atoms with Gasteiger partial charge in [-0.1, -0.05) is 12.8 Å². The average molecular weight is 367 g/mol. The Bertz CT molecular complexity index is 709. The Morgan fingerprint density at radius 1 is 1.04 bits per heavy atom. The summed E-state index contributed by atoms with van der Waals surface area (Å²) in [4.78, 5) is 3.06. The maximum Gasteiger partial charge on any atom is 0.246 e. The first-order valence-corrected chi connectivity index (χ1v) is 11.2. The van der Waals surface area contributed by atoms with Crippen LogP contribution in [0.2, 0.25) is 0 Å². The van der Waals surface area contributed by atoms with Gasteiger partial charge in [-0.15, -0.1) is 0 Å². The minimum atomic E-state index is -3.44. The van der Waals surface area contributed by atoms with Crippen molar-refractivity contribution in [3.8, 4) is 0 Å². The van der Waals surface area contributed by atoms with Gasteiger partial charge in [-0.3, -0.25) is 9.58 Å². The fourth-order valence-electron chi connectivity index (χ4n) is 5.24. The summed E-state index contributed by atoms with van der Waals surface area (Å²) in [6, 6.07) is 0.593. The number of likely N-dealkylation sites (tertiary alicyclic amines) is 1. The Morgan fingerprint density at radius 3 is 2.24 bits per heavy atom. The van der Waals surface area contributed by atoms with E-state index in [9.17, 15) is 8.42 Å². The number of aromatic nitrogens is 2. The number of aryl methyl sites for hydroxylation is 1. The molecule has 1 saturated carbocycles. The Labute approximate surface area is 151 Å². The molecule has 0 aromatic carbocycles. The SMILES string of the molecule is Cc1c(S(=O)(=O)N2C[C@H]3CCC[C@@H](C2)C3N2CCCCC2)cnn1C. The molecule has 0 radical (unpaired) electrons. The first-order chi connectivity index (χ1) is 12.0. The van der Waals surface area contributed by atoms with E-state index in [1.807, 2.05) is 6.92 Å². The van der Waals surface area contributed by atoms with Crippen LogP contribution in [0.5, 0.6) is 0 Å². The number of hydrogen-bond donors (Lipinski definition) is 0. The maximum atomic E-state index is 13.2. The van der Waals surface area contributed by atoms with E-state index in [1.165, 1.54) is 45.0 Å². The number of nitrogens with zero attached hydrogens (tertiary/aromatic N) is 4. The van der Waals surface area contributed by atoms with Gasteiger partial charge in [0, 0.05) is 26.2 Å². The van der Waals surface area contributed by atoms with Crippen molar-refractivity contribution in [1.29, 1.82) is 0 Å². The highest BCUT2D eigenvalue weighted by Gasteiger charge is 2.46. The molecule has 25 heavy (non-hydrogen) atoms. The third-order valence-corrected chi connectivity index (χ3v) is 8.55. The van der Waals surface area contributed by atoms with E-state index in [4.69, 9.17) is 0 Å². The standard InChI is InChI=1S/C18H30N4O2S/c1-14-17(11-19-20(14)2)25(23,24)22-12-15-7-6-8-16(13-22)18(15)21-9-4-3-5-10-21/h11,15-16,18H,3-10,12-13H2,1-2H3/t15-,16+,18?. The van der Waals surface area contributed by atoms with Crippen molar-refractivity contribution in [2.45, 2.75) is 56.4 Å². The van der Waals surface area contributed by atoms with Crippen molar-refractivity contribution in [1.82, 2.24) is 19.0 Å². The topological polar surface area (TPSA) is 58.4 Å². The Balaban J connectivity index is 1.58. The zero-order chi connectivity index (χ0) is 17.6. The van der Waals surface area contributed by atoms with Crippen molar-refractivity contribution in [3.63, 3.8) is 0 Å². The van der Waals surface area contributed by atoms with Crippen LogP contribution >= 0.6 is 0 Å². The van der Waals surface area contributed by atoms with Gasteiger partial charge in [-0.25, -0.2) is 8.42 Å². The summed E-state index contributed by atoms with van der Waals surface area (Å²) in [6.07, 6.45) is 9.03. The van der Waals surface area contributed by atoms with Crippen LogP contribution in [-0.4, -0.2) is 59.6 Å². The van der Waals surface area contributed by atoms with E-state index < -0.39 is 10.0 Å². The lowest BCUT2D eigenvalue weighted by molar-refractivity contribution is -0.00312. The van der Waals surface area contributed by atoms with Crippen LogP contribution < -0.4 is 0 Å². The molecule has 140 valence electrons. The van der Waals surface area contributed by atoms with Crippen molar-refractivity contribution in [3.05, 3.63) is 11.9 Å². The van der Waals surface area contributed by atoms with Crippen molar-refractivity contribution < 1.29 is 8.42 Å². The monoisotopic (exact) mass is 366 g/mol. The van der Waals surface area contributed by atoms with Gasteiger partial charge in [0.15, 0.2) is 0 Å². The molecule has 2 bridgehead atoms. The molecule has 3 atom stereocenters. The largest absolute Gasteiger partial charge is 0.300 e. The fourth-order valence-corrected chi connectivity index (χ4v) is 6.98. The van der Waals surface area contributed by atoms with E-state index in [0.717, 1.165) is 18.5 Å². The Hall–Kier alpha value is -0.920. The summed E-state index contributed by atoms with van der Waals surface area (Å²) in [5.41, 5.74) is 0.725. The van der Waals surface area contributed by atoms with Gasteiger partial charge in [0.2, 0.25) is 10.0 Å². The zero-order valence-electron chi connectivity index (χ0n) is 15.4. The molecule has 4 rings (SSSR count). The van der Waals surface area contributed by atoms with Crippen LogP contribution in [0.25, 0.3) is 0 Å². The average Bonchev–Trinajstić information content (AvgIpc) is 2.94. The van der Waals surface area contributed by atoms with Crippen LogP contribution in [0.15, 0.2) is 11.1 Å². The normalized spacial score (nSPS) is 32.0. The van der Waals surface area contributed by atoms with E-state index in [0.29, 0.717) is 35.9 Å². The molecule has 3 aliphatic rings. The molecule has 0 spiro atoms. The summed E-state index contributed by atoms with van der Waals surface area (Å²) >= 11 is 0. The predicted molar refractivity (Wildman–Crippen MR) is 96.7 cm³/mol. The fraction of sp³-hybridized carbons (Fsp3) is 0.833. The molecule has 3 heterocycles. The Morgan fingerprint density at radius 2 is 1.68 bits per heavy atom. The highest BCUT2D eigenvalue weighted by atomic mass is 32.2. The highest BCUT2D eigenvalue weighted by Crippen LogP contribution is 2.40. The molecule has 2 saturated heterocycles. The maximum absolute atomic E-state index is 13.2. The van der Waals surface area contributed by atoms with Crippen LogP contribution in [0.1, 0.15) is 44.2 Å². The summed E-state index contributed by atoms with van der Waals surface area (Å²) < 4.78 is 29.8. The lowest BCUT2D eigenvalue weighted by atomic mass is 9.73. The van der Waals surface area contributed by atoms with Gasteiger partial charge in [0.05, 0.1) is 11.9 Å². The van der Waals surface area contributed by atoms with E-state index in [1.54, 1.807) is 16.0 Å². The molecule has 3 fully saturated rings. The van der Waals surface area contributed by atoms with Crippen LogP contribution in [0.4, 0.5) is 0 Å². The summed E-state index contributed by atoms with van der Waals surface area (Å²) in [7, 11) is -1.64. The van der Waals surface area contributed by atoms with Crippen molar-refractivity contribution in [2.24, 2.45) is 18.9 Å². The number of piperidine rings is 2. The van der Waals surface area contributed by atoms with Gasteiger partial charge in [0.25, 0.3) is 0 Å². The van der Waals surface area contributed by atoms with Gasteiger partial charge in [-0.05, 0) is 57.5 Å². The van der Waals surface area contributed by atoms with Gasteiger partial charge in [-0.2, -0.15) is 9.40 Å². The Kier molecular flexibility index (Phi) is 4.67. The lowest BCUT2D eigenvalue weighted by Gasteiger charge is -2.51. The summed E-state index contributed by atoms with van der Waals surface area (Å²) in [5.74, 6) is 0.967. The second-order valence-electron chi connectivity index (χ2n) is 8.08. The molecule has 1 aliphatic carbocycles. The van der Waals surface area contributed by atoms with Crippen LogP contribution in [0, 0.1) is 18.8 Å². The first-order valence-electron chi connectivity index (χ1n) is 9.71. The molecular formula is C18H30N4O2S. The second-order valence-corrected chi connectivity index (χ2v) is 9.98. The first kappa shape index (κ1) is 17.5. The number of rotatable bonds is 3. The second kappa shape index (κ2) is 6.67. The molecule has 0 N–H and O–H groups in total. The molecule has 7 heteroatoms. The van der Waals surface area contributed by atoms with E-state index in [-0.39, 0.29) is 0 Å². The molecule has 6 nitrogen and oxygen atoms in total. The van der Waals surface area contributed by atoms with Crippen molar-refractivity contribution in [2.75, 3.05) is 26.2 Å². The number of sulfonamides is 1. The van der Waals surface area contributed by atoms with Crippen molar-refractivity contribution >= 4 is 10.0 Å². The molecule has 1 aromatic heterocycles. The van der Waals surface area contributed by atoms with Gasteiger partial charge in [0.1, 0.15) is 4.90 Å². The number of fused-ring (bicyclic) bond motifs is 2. The van der Waals surface area contributed by atoms with Gasteiger partial charge < -0.3 is 0 Å². The summed E-state index contributed by atoms with van der Waals surface area (Å²) in [5, 5.41) is 4.14. The third kappa shape index (κ3) is 3.04. The molecule has 0 amide bonds. The third-order valence-electron chi connectivity index (χ3n) is 6.61. The van der Waals surface area contributed by atoms with E-state index >= 15 is 0 Å². The molecule has 1 unspecified atom stereocenters. The number of hydrogen-bond acceptors (Lipinski definition) is 4. The van der Waals surface area contributed by atoms with Gasteiger partial charge >= 0.3 is 0 Å². The zero-order valence-corrected chi connectivity index (χ0v) is 16.2. The van der Waals surface area contributed by atoms with Crippen LogP contribution in [0.3, 0.4) is 0 Å². The lowest BCUT2D eigenvalue weighted by Crippen LogP contribution is -2.59. The minimum Gasteiger partial charge on any atom is -0.300 e.